The fourth-order valence-electron chi connectivity index (χ4n) is 3.28. The van der Waals surface area contributed by atoms with Gasteiger partial charge < -0.3 is 20.1 Å². The number of anilines is 2. The second-order valence-electron chi connectivity index (χ2n) is 5.69. The van der Waals surface area contributed by atoms with E-state index in [4.69, 9.17) is 15.2 Å². The molecule has 2 saturated heterocycles. The van der Waals surface area contributed by atoms with Crippen LogP contribution in [0.25, 0.3) is 0 Å². The van der Waals surface area contributed by atoms with Crippen LogP contribution in [0.4, 0.5) is 11.5 Å². The van der Waals surface area contributed by atoms with E-state index in [0.717, 1.165) is 56.0 Å². The highest BCUT2D eigenvalue weighted by Crippen LogP contribution is 2.35. The van der Waals surface area contributed by atoms with Crippen molar-refractivity contribution in [1.29, 1.82) is 0 Å². The standard InChI is InChI=1S/C14H24N4O2/c1-3-5-11-12(15)13(17(2)16-11)18-7-4-6-14(10-18)19-8-9-20-14/h3-10,15H2,1-2H3. The molecule has 6 heteroatoms. The van der Waals surface area contributed by atoms with E-state index in [2.05, 4.69) is 16.9 Å². The maximum Gasteiger partial charge on any atom is 0.186 e. The molecule has 0 unspecified atom stereocenters. The molecule has 0 atom stereocenters. The van der Waals surface area contributed by atoms with Crippen molar-refractivity contribution in [1.82, 2.24) is 9.78 Å². The van der Waals surface area contributed by atoms with E-state index in [0.29, 0.717) is 13.2 Å². The average Bonchev–Trinajstić information content (AvgIpc) is 2.96. The van der Waals surface area contributed by atoms with Gasteiger partial charge in [0.25, 0.3) is 0 Å². The van der Waals surface area contributed by atoms with Crippen LogP contribution in [0.3, 0.4) is 0 Å². The molecule has 1 aromatic heterocycles. The quantitative estimate of drug-likeness (QED) is 0.904. The molecule has 2 aliphatic rings. The van der Waals surface area contributed by atoms with Gasteiger partial charge in [-0.3, -0.25) is 4.68 Å². The first-order valence-corrected chi connectivity index (χ1v) is 7.49. The first-order chi connectivity index (χ1) is 9.65. The number of aromatic nitrogens is 2. The van der Waals surface area contributed by atoms with Crippen molar-refractivity contribution < 1.29 is 9.47 Å². The van der Waals surface area contributed by atoms with Crippen LogP contribution < -0.4 is 10.6 Å². The fourth-order valence-corrected chi connectivity index (χ4v) is 3.28. The molecule has 112 valence electrons. The van der Waals surface area contributed by atoms with E-state index in [-0.39, 0.29) is 0 Å². The third kappa shape index (κ3) is 2.27. The Morgan fingerprint density at radius 2 is 2.10 bits per heavy atom. The molecule has 3 rings (SSSR count). The van der Waals surface area contributed by atoms with Gasteiger partial charge in [-0.1, -0.05) is 13.3 Å². The van der Waals surface area contributed by atoms with Gasteiger partial charge in [0.15, 0.2) is 11.6 Å². The van der Waals surface area contributed by atoms with Crippen LogP contribution >= 0.6 is 0 Å². The first-order valence-electron chi connectivity index (χ1n) is 7.49. The Morgan fingerprint density at radius 3 is 2.80 bits per heavy atom. The maximum absolute atomic E-state index is 6.30. The number of aryl methyl sites for hydroxylation is 2. The van der Waals surface area contributed by atoms with Gasteiger partial charge in [0, 0.05) is 20.0 Å². The molecule has 0 bridgehead atoms. The van der Waals surface area contributed by atoms with Crippen molar-refractivity contribution in [2.24, 2.45) is 7.05 Å². The molecule has 2 N–H and O–H groups in total. The number of piperidine rings is 1. The summed E-state index contributed by atoms with van der Waals surface area (Å²) < 4.78 is 13.6. The lowest BCUT2D eigenvalue weighted by atomic mass is 10.0. The minimum absolute atomic E-state index is 0.431. The Labute approximate surface area is 119 Å². The fraction of sp³-hybridized carbons (Fsp3) is 0.786. The van der Waals surface area contributed by atoms with Crippen LogP contribution in [0.15, 0.2) is 0 Å². The summed E-state index contributed by atoms with van der Waals surface area (Å²) in [5.41, 5.74) is 8.11. The second-order valence-corrected chi connectivity index (χ2v) is 5.69. The van der Waals surface area contributed by atoms with E-state index in [1.54, 1.807) is 0 Å². The summed E-state index contributed by atoms with van der Waals surface area (Å²) in [5, 5.41) is 4.56. The summed E-state index contributed by atoms with van der Waals surface area (Å²) in [6.07, 6.45) is 3.99. The zero-order valence-corrected chi connectivity index (χ0v) is 12.4. The molecule has 0 radical (unpaired) electrons. The van der Waals surface area contributed by atoms with Crippen molar-refractivity contribution in [3.05, 3.63) is 5.69 Å². The van der Waals surface area contributed by atoms with E-state index in [1.165, 1.54) is 0 Å². The zero-order chi connectivity index (χ0) is 14.2. The predicted octanol–water partition coefficient (Wildman–Crippen LogP) is 1.30. The van der Waals surface area contributed by atoms with Crippen LogP contribution in [-0.4, -0.2) is 41.9 Å². The summed E-state index contributed by atoms with van der Waals surface area (Å²) in [6.45, 7) is 5.24. The third-order valence-corrected chi connectivity index (χ3v) is 4.15. The Hall–Kier alpha value is -1.27. The number of ether oxygens (including phenoxy) is 2. The number of hydrogen-bond donors (Lipinski definition) is 1. The maximum atomic E-state index is 6.30. The Balaban J connectivity index is 1.85. The van der Waals surface area contributed by atoms with Crippen molar-refractivity contribution in [3.8, 4) is 0 Å². The van der Waals surface area contributed by atoms with Crippen molar-refractivity contribution in [3.63, 3.8) is 0 Å². The van der Waals surface area contributed by atoms with Crippen molar-refractivity contribution in [2.45, 2.75) is 38.4 Å². The Morgan fingerprint density at radius 1 is 1.35 bits per heavy atom. The lowest BCUT2D eigenvalue weighted by molar-refractivity contribution is -0.161. The first kappa shape index (κ1) is 13.7. The van der Waals surface area contributed by atoms with Gasteiger partial charge in [-0.25, -0.2) is 0 Å². The summed E-state index contributed by atoms with van der Waals surface area (Å²) in [4.78, 5) is 2.26. The number of nitrogen functional groups attached to an aromatic ring is 1. The van der Waals surface area contributed by atoms with Crippen LogP contribution in [0.1, 0.15) is 31.9 Å². The van der Waals surface area contributed by atoms with Crippen molar-refractivity contribution >= 4 is 11.5 Å². The number of hydrogen-bond acceptors (Lipinski definition) is 5. The molecule has 0 aromatic carbocycles. The molecule has 6 nitrogen and oxygen atoms in total. The van der Waals surface area contributed by atoms with Crippen LogP contribution in [-0.2, 0) is 22.9 Å². The van der Waals surface area contributed by atoms with Gasteiger partial charge in [-0.2, -0.15) is 5.10 Å². The summed E-state index contributed by atoms with van der Waals surface area (Å²) in [7, 11) is 1.96. The minimum Gasteiger partial charge on any atom is -0.394 e. The van der Waals surface area contributed by atoms with Crippen molar-refractivity contribution in [2.75, 3.05) is 36.9 Å². The highest BCUT2D eigenvalue weighted by molar-refractivity contribution is 5.66. The number of rotatable bonds is 3. The van der Waals surface area contributed by atoms with Gasteiger partial charge in [0.1, 0.15) is 0 Å². The summed E-state index contributed by atoms with van der Waals surface area (Å²) in [5.74, 6) is 0.575. The second kappa shape index (κ2) is 5.26. The summed E-state index contributed by atoms with van der Waals surface area (Å²) in [6, 6.07) is 0. The molecule has 1 aromatic rings. The monoisotopic (exact) mass is 280 g/mol. The molecule has 2 aliphatic heterocycles. The average molecular weight is 280 g/mol. The molecular weight excluding hydrogens is 256 g/mol. The minimum atomic E-state index is -0.431. The van der Waals surface area contributed by atoms with E-state index >= 15 is 0 Å². The molecule has 2 fully saturated rings. The summed E-state index contributed by atoms with van der Waals surface area (Å²) >= 11 is 0. The van der Waals surface area contributed by atoms with Crippen LogP contribution in [0.5, 0.6) is 0 Å². The lowest BCUT2D eigenvalue weighted by Crippen LogP contribution is -2.49. The highest BCUT2D eigenvalue weighted by atomic mass is 16.7. The molecule has 3 heterocycles. The SMILES string of the molecule is CCCc1nn(C)c(N2CCCC3(C2)OCCO3)c1N. The van der Waals surface area contributed by atoms with Gasteiger partial charge in [-0.15, -0.1) is 0 Å². The van der Waals surface area contributed by atoms with Gasteiger partial charge in [-0.05, 0) is 12.8 Å². The van der Waals surface area contributed by atoms with Crippen LogP contribution in [0, 0.1) is 0 Å². The molecule has 0 aliphatic carbocycles. The molecule has 0 amide bonds. The van der Waals surface area contributed by atoms with Gasteiger partial charge in [0.05, 0.1) is 31.1 Å². The third-order valence-electron chi connectivity index (χ3n) is 4.15. The normalized spacial score (nSPS) is 21.8. The molecular formula is C14H24N4O2. The van der Waals surface area contributed by atoms with Gasteiger partial charge >= 0.3 is 0 Å². The lowest BCUT2D eigenvalue weighted by Gasteiger charge is -2.39. The molecule has 20 heavy (non-hydrogen) atoms. The van der Waals surface area contributed by atoms with E-state index < -0.39 is 5.79 Å². The predicted molar refractivity (Wildman–Crippen MR) is 77.7 cm³/mol. The topological polar surface area (TPSA) is 65.5 Å². The largest absolute Gasteiger partial charge is 0.394 e. The van der Waals surface area contributed by atoms with Crippen LogP contribution in [0.2, 0.25) is 0 Å². The zero-order valence-electron chi connectivity index (χ0n) is 12.4. The Kier molecular flexibility index (Phi) is 3.60. The number of nitrogens with zero attached hydrogens (tertiary/aromatic N) is 3. The number of nitrogens with two attached hydrogens (primary N) is 1. The Bertz CT molecular complexity index is 480. The molecule has 1 spiro atoms. The van der Waals surface area contributed by atoms with Gasteiger partial charge in [0.2, 0.25) is 0 Å². The highest BCUT2D eigenvalue weighted by Gasteiger charge is 2.41. The molecule has 0 saturated carbocycles. The van der Waals surface area contributed by atoms with E-state index in [9.17, 15) is 0 Å². The van der Waals surface area contributed by atoms with E-state index in [1.807, 2.05) is 11.7 Å². The smallest absolute Gasteiger partial charge is 0.186 e.